The second-order valence-corrected chi connectivity index (χ2v) is 18.1. The summed E-state index contributed by atoms with van der Waals surface area (Å²) in [6.45, 7) is 18.0. The van der Waals surface area contributed by atoms with Crippen LogP contribution in [0.2, 0.25) is 0 Å². The van der Waals surface area contributed by atoms with Gasteiger partial charge >= 0.3 is 11.9 Å². The zero-order valence-corrected chi connectivity index (χ0v) is 36.7. The topological polar surface area (TPSA) is 172 Å². The molecule has 14 heteroatoms. The lowest BCUT2D eigenvalue weighted by atomic mass is 9.78. The Morgan fingerprint density at radius 2 is 1.62 bits per heavy atom. The summed E-state index contributed by atoms with van der Waals surface area (Å²) in [5.74, 6) is -3.18. The molecule has 0 amide bonds. The van der Waals surface area contributed by atoms with Crippen molar-refractivity contribution in [2.45, 2.75) is 179 Å². The van der Waals surface area contributed by atoms with E-state index in [1.54, 1.807) is 58.0 Å². The van der Waals surface area contributed by atoms with E-state index in [4.69, 9.17) is 37.9 Å². The molecule has 328 valence electrons. The van der Waals surface area contributed by atoms with Crippen molar-refractivity contribution in [3.05, 3.63) is 47.2 Å². The molecule has 0 unspecified atom stereocenters. The molecule has 0 spiro atoms. The van der Waals surface area contributed by atoms with E-state index in [0.717, 1.165) is 5.57 Å². The highest BCUT2D eigenvalue weighted by Gasteiger charge is 2.57. The number of cyclic esters (lactones) is 1. The van der Waals surface area contributed by atoms with Crippen molar-refractivity contribution in [1.29, 1.82) is 0 Å². The summed E-state index contributed by atoms with van der Waals surface area (Å²) in [5.41, 5.74) is -2.92. The third-order valence-corrected chi connectivity index (χ3v) is 13.2. The number of carbonyl (C=O) groups is 2. The summed E-state index contributed by atoms with van der Waals surface area (Å²) in [6.07, 6.45) is -7.82. The molecule has 0 aromatic heterocycles. The summed E-state index contributed by atoms with van der Waals surface area (Å²) in [5, 5.41) is 35.3. The molecule has 0 aliphatic carbocycles. The Morgan fingerprint density at radius 1 is 0.966 bits per heavy atom. The average Bonchev–Trinajstić information content (AvgIpc) is 3.49. The second-order valence-electron chi connectivity index (χ2n) is 18.1. The quantitative estimate of drug-likeness (QED) is 0.292. The van der Waals surface area contributed by atoms with Crippen molar-refractivity contribution in [3.8, 4) is 0 Å². The van der Waals surface area contributed by atoms with Crippen LogP contribution in [0.3, 0.4) is 0 Å². The number of aliphatic hydroxyl groups excluding tert-OH is 2. The number of methoxy groups -OCH3 is 1. The number of fused-ring (bicyclic) bond motifs is 2. The van der Waals surface area contributed by atoms with Crippen molar-refractivity contribution in [2.75, 3.05) is 21.2 Å². The molecule has 17 atom stereocenters. The van der Waals surface area contributed by atoms with Crippen molar-refractivity contribution < 1.29 is 62.8 Å². The van der Waals surface area contributed by atoms with E-state index in [0.29, 0.717) is 24.2 Å². The van der Waals surface area contributed by atoms with Crippen LogP contribution in [-0.4, -0.2) is 138 Å². The third kappa shape index (κ3) is 9.30. The van der Waals surface area contributed by atoms with Crippen molar-refractivity contribution in [1.82, 2.24) is 4.90 Å². The fourth-order valence-corrected chi connectivity index (χ4v) is 9.69. The van der Waals surface area contributed by atoms with Gasteiger partial charge in [-0.3, -0.25) is 4.79 Å². The zero-order valence-electron chi connectivity index (χ0n) is 36.7. The minimum absolute atomic E-state index is 0.148. The number of nitrogens with zero attached hydrogens (tertiary/aromatic N) is 1. The Labute approximate surface area is 344 Å². The van der Waals surface area contributed by atoms with Gasteiger partial charge in [0, 0.05) is 31.9 Å². The molecular weight excluding hydrogens is 750 g/mol. The first-order valence-corrected chi connectivity index (χ1v) is 20.9. The first-order valence-electron chi connectivity index (χ1n) is 20.9. The lowest BCUT2D eigenvalue weighted by Gasteiger charge is -2.48. The SMILES string of the molecule is CC[C@H]1OC(=O)[C@H](C)[C@@H](O[C@H]2C[C@@](C)(OC)[C@@H](O)[C@H](C)O2)[C@H](C)[C@@H](O[C@@H]2O[C@H](C)C[C@H](N(C)C)[C@H]2O)[C@@]2(C)CC(C)=C(O2)[C@H](C)[C@@H](OC(=O)c2ccccc2)[C@]1(C)O. The second kappa shape index (κ2) is 18.1. The van der Waals surface area contributed by atoms with E-state index in [-0.39, 0.29) is 25.0 Å². The molecule has 3 N–H and O–H groups in total. The monoisotopic (exact) mass is 819 g/mol. The van der Waals surface area contributed by atoms with Gasteiger partial charge in [0.1, 0.15) is 47.5 Å². The van der Waals surface area contributed by atoms with E-state index in [1.165, 1.54) is 14.0 Å². The largest absolute Gasteiger partial charge is 0.488 e. The first kappa shape index (κ1) is 46.4. The van der Waals surface area contributed by atoms with Gasteiger partial charge in [0.25, 0.3) is 0 Å². The van der Waals surface area contributed by atoms with Crippen LogP contribution in [0.25, 0.3) is 0 Å². The highest BCUT2D eigenvalue weighted by Crippen LogP contribution is 2.48. The fraction of sp³-hybridized carbons (Fsp3) is 0.773. The third-order valence-electron chi connectivity index (χ3n) is 13.2. The molecule has 1 aromatic carbocycles. The standard InChI is InChI=1S/C44H69NO13/c1-14-31-44(10,50)38(56-40(49)29-18-16-15-17-19-29)25(4)34-23(2)21-43(9,58-34)37(57-41-33(46)30(45(11)12)20-24(3)52-41)26(5)35(27(6)39(48)54-31)55-32-22-42(8,51-13)36(47)28(7)53-32/h15-19,24-28,30-33,35-38,41,46-47,50H,14,20-22H2,1-13H3/t24-,25+,26+,27-,28+,30+,31-,32+,33-,35+,36+,37-,38-,41+,42-,43-,44-/m1/s1. The molecule has 14 nitrogen and oxygen atoms in total. The van der Waals surface area contributed by atoms with Crippen LogP contribution in [0.5, 0.6) is 0 Å². The van der Waals surface area contributed by atoms with Gasteiger partial charge in [0.2, 0.25) is 0 Å². The Hall–Kier alpha value is -2.66. The van der Waals surface area contributed by atoms with Gasteiger partial charge in [-0.2, -0.15) is 0 Å². The maximum atomic E-state index is 14.5. The number of hydrogen-bond donors (Lipinski definition) is 3. The highest BCUT2D eigenvalue weighted by molar-refractivity contribution is 5.89. The zero-order chi connectivity index (χ0) is 43.1. The van der Waals surface area contributed by atoms with E-state index >= 15 is 0 Å². The summed E-state index contributed by atoms with van der Waals surface area (Å²) in [4.78, 5) is 30.2. The van der Waals surface area contributed by atoms with Gasteiger partial charge in [-0.05, 0) is 93.1 Å². The minimum atomic E-state index is -1.90. The Morgan fingerprint density at radius 3 is 2.22 bits per heavy atom. The van der Waals surface area contributed by atoms with Crippen LogP contribution in [0.4, 0.5) is 0 Å². The fourth-order valence-electron chi connectivity index (χ4n) is 9.69. The first-order chi connectivity index (χ1) is 27.1. The number of esters is 2. The number of benzene rings is 1. The smallest absolute Gasteiger partial charge is 0.338 e. The maximum Gasteiger partial charge on any atom is 0.338 e. The van der Waals surface area contributed by atoms with Crippen LogP contribution in [-0.2, 0) is 42.7 Å². The Bertz CT molecular complexity index is 1600. The molecule has 4 aliphatic heterocycles. The summed E-state index contributed by atoms with van der Waals surface area (Å²) >= 11 is 0. The average molecular weight is 820 g/mol. The Kier molecular flexibility index (Phi) is 14.5. The number of rotatable bonds is 9. The maximum absolute atomic E-state index is 14.5. The predicted octanol–water partition coefficient (Wildman–Crippen LogP) is 4.76. The van der Waals surface area contributed by atoms with Crippen molar-refractivity contribution >= 4 is 11.9 Å². The van der Waals surface area contributed by atoms with Crippen LogP contribution in [0, 0.1) is 17.8 Å². The summed E-state index contributed by atoms with van der Waals surface area (Å²) < 4.78 is 51.6. The molecule has 0 saturated carbocycles. The molecule has 4 heterocycles. The molecule has 58 heavy (non-hydrogen) atoms. The van der Waals surface area contributed by atoms with E-state index in [9.17, 15) is 24.9 Å². The number of aliphatic hydroxyl groups is 3. The van der Waals surface area contributed by atoms with Gasteiger partial charge < -0.3 is 58.1 Å². The van der Waals surface area contributed by atoms with Crippen LogP contribution >= 0.6 is 0 Å². The number of carbonyl (C=O) groups excluding carboxylic acids is 2. The van der Waals surface area contributed by atoms with Crippen LogP contribution in [0.15, 0.2) is 41.7 Å². The summed E-state index contributed by atoms with van der Waals surface area (Å²) in [6, 6.07) is 8.24. The van der Waals surface area contributed by atoms with Gasteiger partial charge in [-0.1, -0.05) is 39.0 Å². The minimum Gasteiger partial charge on any atom is -0.488 e. The normalized spacial score (nSPS) is 44.1. The lowest BCUT2D eigenvalue weighted by molar-refractivity contribution is -0.316. The molecule has 3 saturated heterocycles. The van der Waals surface area contributed by atoms with Gasteiger partial charge in [-0.15, -0.1) is 0 Å². The molecular formula is C44H69NO13. The van der Waals surface area contributed by atoms with Gasteiger partial charge in [0.15, 0.2) is 12.6 Å². The van der Waals surface area contributed by atoms with Crippen LogP contribution in [0.1, 0.15) is 105 Å². The van der Waals surface area contributed by atoms with Crippen LogP contribution < -0.4 is 0 Å². The molecule has 1 aromatic rings. The van der Waals surface area contributed by atoms with Gasteiger partial charge in [0.05, 0.1) is 41.3 Å². The molecule has 5 rings (SSSR count). The predicted molar refractivity (Wildman–Crippen MR) is 213 cm³/mol. The van der Waals surface area contributed by atoms with Gasteiger partial charge in [-0.25, -0.2) is 4.79 Å². The Balaban J connectivity index is 1.63. The van der Waals surface area contributed by atoms with Crippen molar-refractivity contribution in [3.63, 3.8) is 0 Å². The molecule has 3 fully saturated rings. The molecule has 4 aliphatic rings. The molecule has 2 bridgehead atoms. The number of hydrogen-bond acceptors (Lipinski definition) is 14. The van der Waals surface area contributed by atoms with E-state index in [2.05, 4.69) is 0 Å². The summed E-state index contributed by atoms with van der Waals surface area (Å²) in [7, 11) is 5.33. The van der Waals surface area contributed by atoms with E-state index in [1.807, 2.05) is 53.6 Å². The lowest BCUT2D eigenvalue weighted by Crippen LogP contribution is -2.60. The number of ether oxygens (including phenoxy) is 8. The number of likely N-dealkylation sites (N-methyl/N-ethyl adjacent to an activating group) is 1. The highest BCUT2D eigenvalue weighted by atomic mass is 16.7. The molecule has 0 radical (unpaired) electrons. The van der Waals surface area contributed by atoms with Crippen molar-refractivity contribution in [2.24, 2.45) is 17.8 Å². The van der Waals surface area contributed by atoms with E-state index < -0.39 is 102 Å².